The topological polar surface area (TPSA) is 97.1 Å². The Labute approximate surface area is 196 Å². The van der Waals surface area contributed by atoms with Gasteiger partial charge in [0.05, 0.1) is 5.69 Å². The summed E-state index contributed by atoms with van der Waals surface area (Å²) in [5.41, 5.74) is 8.50. The highest BCUT2D eigenvalue weighted by Crippen LogP contribution is 2.24. The first-order valence-corrected chi connectivity index (χ1v) is 12.7. The third-order valence-corrected chi connectivity index (χ3v) is 5.61. The maximum Gasteiger partial charge on any atom is 0.251 e. The van der Waals surface area contributed by atoms with Crippen LogP contribution in [0.4, 0.5) is 10.8 Å². The van der Waals surface area contributed by atoms with Crippen LogP contribution in [0.1, 0.15) is 16.8 Å². The highest BCUT2D eigenvalue weighted by Gasteiger charge is 2.22. The van der Waals surface area contributed by atoms with Gasteiger partial charge >= 0.3 is 0 Å². The lowest BCUT2D eigenvalue weighted by Crippen LogP contribution is -2.44. The standard InChI is InChI=1S/C21H22N4O2S2.CH4S/c1-28-12-11-17(23-19(26)15-7-9-16(22)10-8-15)20(27)25-21-24-18(13-29-21)14-5-3-2-4-6-14;1-2/h2-10,13,17H,11-12,22H2,1H3,(H,23,26)(H,24,25,27);2H,1H3/t17-;/m0./s1. The average molecular weight is 475 g/mol. The number of anilines is 2. The number of benzene rings is 2. The van der Waals surface area contributed by atoms with Gasteiger partial charge in [0.1, 0.15) is 6.04 Å². The Balaban J connectivity index is 0.00000166. The van der Waals surface area contributed by atoms with Crippen molar-refractivity contribution in [1.82, 2.24) is 10.3 Å². The van der Waals surface area contributed by atoms with E-state index in [1.54, 1.807) is 42.3 Å². The second kappa shape index (κ2) is 13.0. The van der Waals surface area contributed by atoms with Crippen LogP contribution in [0.25, 0.3) is 11.3 Å². The molecule has 0 saturated carbocycles. The smallest absolute Gasteiger partial charge is 0.251 e. The molecule has 9 heteroatoms. The van der Waals surface area contributed by atoms with Crippen molar-refractivity contribution in [2.24, 2.45) is 0 Å². The Morgan fingerprint density at radius 2 is 1.81 bits per heavy atom. The fraction of sp³-hybridized carbons (Fsp3) is 0.227. The number of thiol groups is 1. The highest BCUT2D eigenvalue weighted by molar-refractivity contribution is 7.98. The molecule has 2 amide bonds. The molecular formula is C22H26N4O2S3. The van der Waals surface area contributed by atoms with Crippen LogP contribution in [0.15, 0.2) is 60.0 Å². The molecule has 6 nitrogen and oxygen atoms in total. The van der Waals surface area contributed by atoms with Crippen LogP contribution in [-0.4, -0.2) is 41.1 Å². The summed E-state index contributed by atoms with van der Waals surface area (Å²) in [6, 6.07) is 15.7. The van der Waals surface area contributed by atoms with E-state index in [0.29, 0.717) is 22.8 Å². The largest absolute Gasteiger partial charge is 0.399 e. The molecule has 0 unspecified atom stereocenters. The molecule has 0 aliphatic heterocycles. The lowest BCUT2D eigenvalue weighted by molar-refractivity contribution is -0.118. The summed E-state index contributed by atoms with van der Waals surface area (Å²) >= 11 is 6.50. The molecule has 3 aromatic rings. The summed E-state index contributed by atoms with van der Waals surface area (Å²) in [4.78, 5) is 29.8. The third-order valence-electron chi connectivity index (χ3n) is 4.21. The van der Waals surface area contributed by atoms with Crippen molar-refractivity contribution < 1.29 is 9.59 Å². The number of carbonyl (C=O) groups excluding carboxylic acids is 2. The van der Waals surface area contributed by atoms with Crippen LogP contribution >= 0.6 is 35.7 Å². The van der Waals surface area contributed by atoms with Crippen molar-refractivity contribution >= 4 is 58.4 Å². The molecule has 2 aromatic carbocycles. The Morgan fingerprint density at radius 1 is 1.13 bits per heavy atom. The molecule has 1 atom stereocenters. The number of aromatic nitrogens is 1. The van der Waals surface area contributed by atoms with Crippen molar-refractivity contribution in [3.05, 3.63) is 65.5 Å². The van der Waals surface area contributed by atoms with Crippen molar-refractivity contribution in [2.75, 3.05) is 29.3 Å². The number of rotatable bonds is 8. The van der Waals surface area contributed by atoms with Crippen molar-refractivity contribution in [1.29, 1.82) is 0 Å². The summed E-state index contributed by atoms with van der Waals surface area (Å²) in [7, 11) is 0. The number of amides is 2. The number of thiazole rings is 1. The lowest BCUT2D eigenvalue weighted by atomic mass is 10.1. The van der Waals surface area contributed by atoms with Crippen molar-refractivity contribution in [3.8, 4) is 11.3 Å². The van der Waals surface area contributed by atoms with E-state index in [1.807, 2.05) is 42.0 Å². The van der Waals surface area contributed by atoms with Gasteiger partial charge in [-0.3, -0.25) is 9.59 Å². The number of nitrogen functional groups attached to an aromatic ring is 1. The molecule has 164 valence electrons. The number of hydrogen-bond acceptors (Lipinski definition) is 7. The maximum absolute atomic E-state index is 12.8. The summed E-state index contributed by atoms with van der Waals surface area (Å²) < 4.78 is 0. The van der Waals surface area contributed by atoms with Crippen LogP contribution in [0.5, 0.6) is 0 Å². The van der Waals surface area contributed by atoms with Gasteiger partial charge in [0.15, 0.2) is 5.13 Å². The first-order chi connectivity index (χ1) is 15.1. The normalized spacial score (nSPS) is 11.1. The summed E-state index contributed by atoms with van der Waals surface area (Å²) in [6.45, 7) is 0. The zero-order valence-electron chi connectivity index (χ0n) is 17.4. The second-order valence-electron chi connectivity index (χ2n) is 6.32. The molecule has 0 radical (unpaired) electrons. The maximum atomic E-state index is 12.8. The van der Waals surface area contributed by atoms with Crippen LogP contribution in [-0.2, 0) is 4.79 Å². The van der Waals surface area contributed by atoms with Gasteiger partial charge in [0, 0.05) is 22.2 Å². The molecule has 1 heterocycles. The highest BCUT2D eigenvalue weighted by atomic mass is 32.2. The molecule has 0 saturated heterocycles. The Hall–Kier alpha value is -2.49. The number of thioether (sulfide) groups is 1. The van der Waals surface area contributed by atoms with E-state index in [1.165, 1.54) is 11.3 Å². The van der Waals surface area contributed by atoms with Gasteiger partial charge in [-0.15, -0.1) is 11.3 Å². The molecular weight excluding hydrogens is 448 g/mol. The molecule has 4 N–H and O–H groups in total. The minimum atomic E-state index is -0.656. The molecule has 0 aliphatic carbocycles. The SMILES string of the molecule is CS.CSCC[C@H](NC(=O)c1ccc(N)cc1)C(=O)Nc1nc(-c2ccccc2)cs1. The van der Waals surface area contributed by atoms with Gasteiger partial charge in [-0.2, -0.15) is 24.4 Å². The number of hydrogen-bond donors (Lipinski definition) is 4. The Kier molecular flexibility index (Phi) is 10.4. The molecule has 1 aromatic heterocycles. The molecule has 0 bridgehead atoms. The predicted molar refractivity (Wildman–Crippen MR) is 136 cm³/mol. The van der Waals surface area contributed by atoms with E-state index in [2.05, 4.69) is 28.2 Å². The first-order valence-electron chi connectivity index (χ1n) is 9.48. The lowest BCUT2D eigenvalue weighted by Gasteiger charge is -2.17. The van der Waals surface area contributed by atoms with Crippen LogP contribution in [0, 0.1) is 0 Å². The monoisotopic (exact) mass is 474 g/mol. The minimum Gasteiger partial charge on any atom is -0.399 e. The fourth-order valence-corrected chi connectivity index (χ4v) is 3.84. The molecule has 0 fully saturated rings. The Morgan fingerprint density at radius 3 is 2.45 bits per heavy atom. The first kappa shape index (κ1) is 24.8. The number of nitrogens with two attached hydrogens (primary N) is 1. The van der Waals surface area contributed by atoms with E-state index >= 15 is 0 Å². The van der Waals surface area contributed by atoms with Crippen LogP contribution < -0.4 is 16.4 Å². The number of carbonyl (C=O) groups is 2. The van der Waals surface area contributed by atoms with Crippen molar-refractivity contribution in [3.63, 3.8) is 0 Å². The number of nitrogens with zero attached hydrogens (tertiary/aromatic N) is 1. The molecule has 3 rings (SSSR count). The van der Waals surface area contributed by atoms with Gasteiger partial charge < -0.3 is 16.4 Å². The summed E-state index contributed by atoms with van der Waals surface area (Å²) in [5.74, 6) is 0.153. The van der Waals surface area contributed by atoms with Gasteiger partial charge in [-0.1, -0.05) is 30.3 Å². The zero-order chi connectivity index (χ0) is 22.6. The van der Waals surface area contributed by atoms with Crippen LogP contribution in [0.2, 0.25) is 0 Å². The summed E-state index contributed by atoms with van der Waals surface area (Å²) in [5, 5.41) is 8.05. The fourth-order valence-electron chi connectivity index (χ4n) is 2.65. The van der Waals surface area contributed by atoms with E-state index in [0.717, 1.165) is 17.0 Å². The molecule has 31 heavy (non-hydrogen) atoms. The molecule has 0 spiro atoms. The van der Waals surface area contributed by atoms with E-state index < -0.39 is 6.04 Å². The zero-order valence-corrected chi connectivity index (χ0v) is 19.9. The van der Waals surface area contributed by atoms with E-state index in [9.17, 15) is 9.59 Å². The number of nitrogens with one attached hydrogen (secondary N) is 2. The third kappa shape index (κ3) is 7.61. The van der Waals surface area contributed by atoms with Gasteiger partial charge in [-0.25, -0.2) is 4.98 Å². The summed E-state index contributed by atoms with van der Waals surface area (Å²) in [6.07, 6.45) is 4.17. The predicted octanol–water partition coefficient (Wildman–Crippen LogP) is 4.43. The van der Waals surface area contributed by atoms with Gasteiger partial charge in [-0.05, 0) is 49.0 Å². The second-order valence-corrected chi connectivity index (χ2v) is 8.17. The van der Waals surface area contributed by atoms with E-state index in [4.69, 9.17) is 5.73 Å². The van der Waals surface area contributed by atoms with Crippen LogP contribution in [0.3, 0.4) is 0 Å². The average Bonchev–Trinajstić information content (AvgIpc) is 3.27. The van der Waals surface area contributed by atoms with E-state index in [-0.39, 0.29) is 11.8 Å². The Bertz CT molecular complexity index is 962. The van der Waals surface area contributed by atoms with Gasteiger partial charge in [0.25, 0.3) is 5.91 Å². The minimum absolute atomic E-state index is 0.281. The van der Waals surface area contributed by atoms with Crippen molar-refractivity contribution in [2.45, 2.75) is 12.5 Å². The quantitative estimate of drug-likeness (QED) is 0.286. The molecule has 0 aliphatic rings. The van der Waals surface area contributed by atoms with Gasteiger partial charge in [0.2, 0.25) is 5.91 Å².